The van der Waals surface area contributed by atoms with E-state index < -0.39 is 0 Å². The lowest BCUT2D eigenvalue weighted by Gasteiger charge is -2.34. The van der Waals surface area contributed by atoms with Crippen LogP contribution in [-0.4, -0.2) is 99.1 Å². The van der Waals surface area contributed by atoms with Crippen LogP contribution in [0.2, 0.25) is 0 Å². The second-order valence-corrected chi connectivity index (χ2v) is 25.0. The van der Waals surface area contributed by atoms with Crippen molar-refractivity contribution in [1.29, 1.82) is 0 Å². The van der Waals surface area contributed by atoms with Gasteiger partial charge in [-0.05, 0) is 137 Å². The SMILES string of the molecule is C=C(C(Sc1nc2cc3ccccc3cc2c(=O)n1CC)c1ccc(OCCN2CCN(CCOc3ccc(CC(C)Cc4ccc5oc(C(/C=C\C=C/C)=C(C)CC)nc5c4)nc3)CC2)cc1)N(CC)CSSI. The number of hydrogen-bond donors (Lipinski definition) is 0. The maximum absolute atomic E-state index is 14.0. The van der Waals surface area contributed by atoms with Crippen LogP contribution >= 0.6 is 51.7 Å². The van der Waals surface area contributed by atoms with Crippen LogP contribution in [0.25, 0.3) is 38.3 Å². The minimum Gasteiger partial charge on any atom is -0.492 e. The van der Waals surface area contributed by atoms with Gasteiger partial charge in [0, 0.05) is 90.5 Å². The molecule has 8 rings (SSSR count). The summed E-state index contributed by atoms with van der Waals surface area (Å²) in [6.07, 6.45) is 12.8. The second-order valence-electron chi connectivity index (χ2n) is 19.0. The van der Waals surface area contributed by atoms with Gasteiger partial charge in [0.2, 0.25) is 5.89 Å². The molecule has 0 amide bonds. The van der Waals surface area contributed by atoms with Gasteiger partial charge in [0.25, 0.3) is 5.56 Å². The van der Waals surface area contributed by atoms with Crippen LogP contribution < -0.4 is 15.0 Å². The standard InChI is InChI=1S/C60H70IN7O4S3/c1-8-12-13-18-52(43(6)9-2)58-63-55-37-45(19-26-56(55)72-58)35-42(5)36-49-22-25-51(40-62-49)71-34-32-66-29-27-65(28-30-66)31-33-70-50-23-20-46(21-24-50)57(44(7)67(10-3)41-73-75-61)74-60-64-54-39-48-17-15-14-16-47(48)38-53(54)59(69)68(60)11-4/h8,12-26,37-40,42,57H,7,9-11,27-36,41H2,1-6H3/b12-8-,18-13-,52-43?. The van der Waals surface area contributed by atoms with Gasteiger partial charge in [0.15, 0.2) is 10.7 Å². The van der Waals surface area contributed by atoms with Gasteiger partial charge in [0.1, 0.15) is 30.2 Å². The van der Waals surface area contributed by atoms with Crippen LogP contribution in [0.4, 0.5) is 0 Å². The number of allylic oxidation sites excluding steroid dienone is 6. The highest BCUT2D eigenvalue weighted by Crippen LogP contribution is 2.43. The van der Waals surface area contributed by atoms with Crippen molar-refractivity contribution >= 4 is 90.1 Å². The molecule has 1 aliphatic rings. The zero-order chi connectivity index (χ0) is 52.7. The predicted molar refractivity (Wildman–Crippen MR) is 325 cm³/mol. The Kier molecular flexibility index (Phi) is 20.9. The largest absolute Gasteiger partial charge is 0.492 e. The highest BCUT2D eigenvalue weighted by molar-refractivity contribution is 14.2. The molecule has 4 aromatic carbocycles. The molecular formula is C60H70IN7O4S3. The van der Waals surface area contributed by atoms with Crippen molar-refractivity contribution in [2.24, 2.45) is 5.92 Å². The van der Waals surface area contributed by atoms with Gasteiger partial charge in [-0.1, -0.05) is 109 Å². The molecule has 15 heteroatoms. The van der Waals surface area contributed by atoms with Crippen LogP contribution in [0.1, 0.15) is 75.9 Å². The van der Waals surface area contributed by atoms with Crippen molar-refractivity contribution in [1.82, 2.24) is 34.2 Å². The van der Waals surface area contributed by atoms with E-state index in [0.29, 0.717) is 47.6 Å². The van der Waals surface area contributed by atoms with E-state index in [1.807, 2.05) is 74.7 Å². The van der Waals surface area contributed by atoms with E-state index in [4.69, 9.17) is 28.8 Å². The molecule has 394 valence electrons. The minimum atomic E-state index is -0.169. The number of nitrogens with zero attached hydrogens (tertiary/aromatic N) is 7. The number of aromatic nitrogens is 4. The maximum atomic E-state index is 14.0. The van der Waals surface area contributed by atoms with Crippen molar-refractivity contribution in [2.45, 2.75) is 77.8 Å². The molecule has 4 heterocycles. The quantitative estimate of drug-likeness (QED) is 0.00979. The highest BCUT2D eigenvalue weighted by Gasteiger charge is 2.25. The summed E-state index contributed by atoms with van der Waals surface area (Å²) in [6.45, 7) is 25.6. The summed E-state index contributed by atoms with van der Waals surface area (Å²) in [5, 5.41) is 3.25. The van der Waals surface area contributed by atoms with Crippen LogP contribution in [-0.2, 0) is 19.4 Å². The summed E-state index contributed by atoms with van der Waals surface area (Å²) in [5.41, 5.74) is 9.04. The summed E-state index contributed by atoms with van der Waals surface area (Å²) in [4.78, 5) is 36.0. The third-order valence-corrected chi connectivity index (χ3v) is 18.5. The molecule has 3 aromatic heterocycles. The number of fused-ring (bicyclic) bond motifs is 3. The smallest absolute Gasteiger partial charge is 0.262 e. The Hall–Kier alpha value is -5.04. The predicted octanol–water partition coefficient (Wildman–Crippen LogP) is 14.3. The minimum absolute atomic E-state index is 0.0243. The molecule has 1 saturated heterocycles. The molecule has 2 atom stereocenters. The Bertz CT molecular complexity index is 3170. The summed E-state index contributed by atoms with van der Waals surface area (Å²) >= 11 is 3.91. The first-order valence-corrected chi connectivity index (χ1v) is 31.9. The molecule has 7 aromatic rings. The van der Waals surface area contributed by atoms with E-state index >= 15 is 0 Å². The topological polar surface area (TPSA) is 102 Å². The van der Waals surface area contributed by atoms with Gasteiger partial charge in [-0.25, -0.2) is 9.97 Å². The normalized spacial score (nSPS) is 14.8. The number of pyridine rings is 1. The molecule has 0 N–H and O–H groups in total. The molecule has 0 radical (unpaired) electrons. The fourth-order valence-corrected chi connectivity index (χ4v) is 12.7. The van der Waals surface area contributed by atoms with E-state index in [-0.39, 0.29) is 10.8 Å². The molecule has 0 aliphatic carbocycles. The number of ether oxygens (including phenoxy) is 2. The van der Waals surface area contributed by atoms with Crippen molar-refractivity contribution in [3.63, 3.8) is 0 Å². The average molecular weight is 1180 g/mol. The van der Waals surface area contributed by atoms with Gasteiger partial charge >= 0.3 is 0 Å². The zero-order valence-corrected chi connectivity index (χ0v) is 48.8. The number of oxazole rings is 1. The molecule has 0 spiro atoms. The number of halogens is 1. The van der Waals surface area contributed by atoms with Crippen LogP contribution in [0.3, 0.4) is 0 Å². The summed E-state index contributed by atoms with van der Waals surface area (Å²) in [6, 6.07) is 31.0. The molecule has 0 bridgehead atoms. The fraction of sp³-hybridized carbons (Fsp3) is 0.367. The first-order valence-electron chi connectivity index (χ1n) is 26.2. The van der Waals surface area contributed by atoms with E-state index in [1.165, 1.54) is 11.1 Å². The van der Waals surface area contributed by atoms with E-state index in [9.17, 15) is 4.79 Å². The van der Waals surface area contributed by atoms with Crippen LogP contribution in [0.5, 0.6) is 11.5 Å². The summed E-state index contributed by atoms with van der Waals surface area (Å²) < 4.78 is 20.5. The maximum Gasteiger partial charge on any atom is 0.262 e. The first kappa shape index (κ1) is 56.2. The van der Waals surface area contributed by atoms with Crippen molar-refractivity contribution in [3.05, 3.63) is 172 Å². The van der Waals surface area contributed by atoms with Crippen LogP contribution in [0, 0.1) is 5.92 Å². The second kappa shape index (κ2) is 27.8. The summed E-state index contributed by atoms with van der Waals surface area (Å²) in [7, 11) is 3.50. The van der Waals surface area contributed by atoms with Crippen molar-refractivity contribution in [3.8, 4) is 11.5 Å². The number of benzene rings is 4. The molecular weight excluding hydrogens is 1110 g/mol. The lowest BCUT2D eigenvalue weighted by molar-refractivity contribution is 0.105. The van der Waals surface area contributed by atoms with Gasteiger partial charge < -0.3 is 18.8 Å². The Morgan fingerprint density at radius 2 is 1.57 bits per heavy atom. The third kappa shape index (κ3) is 14.9. The number of hydrogen-bond acceptors (Lipinski definition) is 13. The molecule has 1 fully saturated rings. The van der Waals surface area contributed by atoms with E-state index in [1.54, 1.807) is 35.1 Å². The Morgan fingerprint density at radius 1 is 0.867 bits per heavy atom. The van der Waals surface area contributed by atoms with Crippen LogP contribution in [0.15, 0.2) is 154 Å². The molecule has 0 saturated carbocycles. The van der Waals surface area contributed by atoms with Gasteiger partial charge in [-0.2, -0.15) is 0 Å². The molecule has 11 nitrogen and oxygen atoms in total. The number of likely N-dealkylation sites (N-methyl/N-ethyl adjacent to an activating group) is 1. The molecule has 1 aliphatic heterocycles. The zero-order valence-electron chi connectivity index (χ0n) is 44.2. The van der Waals surface area contributed by atoms with Crippen molar-refractivity contribution < 1.29 is 13.9 Å². The molecule has 2 unspecified atom stereocenters. The Labute approximate surface area is 467 Å². The lowest BCUT2D eigenvalue weighted by atomic mass is 9.96. The average Bonchev–Trinajstić information content (AvgIpc) is 3.85. The third-order valence-electron chi connectivity index (χ3n) is 13.8. The first-order chi connectivity index (χ1) is 36.6. The summed E-state index contributed by atoms with van der Waals surface area (Å²) in [5.74, 6) is 3.51. The number of rotatable bonds is 26. The number of thioether (sulfide) groups is 1. The fourth-order valence-electron chi connectivity index (χ4n) is 9.39. The van der Waals surface area contributed by atoms with E-state index in [2.05, 4.69) is 131 Å². The monoisotopic (exact) mass is 1180 g/mol. The van der Waals surface area contributed by atoms with Gasteiger partial charge in [0.05, 0.1) is 28.2 Å². The molecule has 75 heavy (non-hydrogen) atoms. The van der Waals surface area contributed by atoms with E-state index in [0.717, 1.165) is 127 Å². The van der Waals surface area contributed by atoms with Crippen molar-refractivity contribution in [2.75, 3.05) is 64.9 Å². The van der Waals surface area contributed by atoms with Gasteiger partial charge in [-0.3, -0.25) is 24.1 Å². The van der Waals surface area contributed by atoms with Gasteiger partial charge in [-0.15, -0.1) is 0 Å². The Balaban J connectivity index is 0.780. The highest BCUT2D eigenvalue weighted by atomic mass is 127. The number of piperazine rings is 1. The lowest BCUT2D eigenvalue weighted by Crippen LogP contribution is -2.48. The Morgan fingerprint density at radius 3 is 2.23 bits per heavy atom.